The molecular weight excluding hydrogens is 1120 g/mol. The molecular formula is C54H71ClN6O10S6. The van der Waals surface area contributed by atoms with E-state index in [9.17, 15) is 43.9 Å². The van der Waals surface area contributed by atoms with Gasteiger partial charge in [-0.2, -0.15) is 12.9 Å². The number of nitrogens with one attached hydrogen (secondary N) is 1. The van der Waals surface area contributed by atoms with Crippen LogP contribution in [0.1, 0.15) is 66.5 Å². The third kappa shape index (κ3) is 16.2. The van der Waals surface area contributed by atoms with Crippen LogP contribution in [-0.2, 0) is 50.3 Å². The molecule has 0 unspecified atom stereocenters. The van der Waals surface area contributed by atoms with Gasteiger partial charge in [0.05, 0.1) is 33.1 Å². The maximum atomic E-state index is 13.7. The van der Waals surface area contributed by atoms with Crippen molar-refractivity contribution in [2.24, 2.45) is 0 Å². The average Bonchev–Trinajstić information content (AvgIpc) is 4.16. The van der Waals surface area contributed by atoms with Crippen molar-refractivity contribution in [3.8, 4) is 0 Å². The molecule has 3 N–H and O–H groups in total. The van der Waals surface area contributed by atoms with E-state index < -0.39 is 56.4 Å². The van der Waals surface area contributed by atoms with Crippen molar-refractivity contribution in [1.82, 2.24) is 18.2 Å². The molecule has 0 bridgehead atoms. The van der Waals surface area contributed by atoms with Crippen LogP contribution in [0.3, 0.4) is 0 Å². The van der Waals surface area contributed by atoms with Gasteiger partial charge in [0.15, 0.2) is 0 Å². The Bertz CT molecular complexity index is 3250. The maximum Gasteiger partial charge on any atom is 0.261 e. The molecule has 0 saturated carbocycles. The third-order valence-corrected chi connectivity index (χ3v) is 22.9. The molecule has 2 saturated heterocycles. The molecule has 2 aliphatic heterocycles. The molecule has 23 heteroatoms. The Labute approximate surface area is 469 Å². The maximum absolute atomic E-state index is 13.7. The lowest BCUT2D eigenvalue weighted by Gasteiger charge is -2.44. The van der Waals surface area contributed by atoms with Crippen LogP contribution in [0.15, 0.2) is 162 Å². The van der Waals surface area contributed by atoms with Crippen molar-refractivity contribution in [2.75, 3.05) is 62.2 Å². The number of thiophene rings is 2. The van der Waals surface area contributed by atoms with Gasteiger partial charge in [-0.1, -0.05) is 86.6 Å². The number of piperazine rings is 2. The van der Waals surface area contributed by atoms with E-state index in [2.05, 4.69) is 29.0 Å². The minimum atomic E-state index is -3.82. The van der Waals surface area contributed by atoms with Crippen molar-refractivity contribution in [3.63, 3.8) is 0 Å². The highest BCUT2D eigenvalue weighted by molar-refractivity contribution is 8.13. The topological polar surface area (TPSA) is 205 Å². The molecule has 2 fully saturated rings. The fourth-order valence-corrected chi connectivity index (χ4v) is 16.5. The van der Waals surface area contributed by atoms with E-state index in [1.54, 1.807) is 116 Å². The molecule has 0 radical (unpaired) electrons. The van der Waals surface area contributed by atoms with Gasteiger partial charge in [-0.15, -0.1) is 22.7 Å². The minimum absolute atomic E-state index is 0.0221. The molecule has 8 rings (SSSR count). The third-order valence-electron chi connectivity index (χ3n) is 13.0. The fourth-order valence-electron chi connectivity index (χ4n) is 8.77. The average molecular weight is 1190 g/mol. The molecule has 2 aromatic heterocycles. The molecule has 0 spiro atoms. The number of hydrogen-bond donors (Lipinski definition) is 3. The second-order valence-electron chi connectivity index (χ2n) is 20.3. The van der Waals surface area contributed by atoms with E-state index in [1.807, 2.05) is 62.4 Å². The van der Waals surface area contributed by atoms with E-state index in [0.717, 1.165) is 22.5 Å². The van der Waals surface area contributed by atoms with E-state index in [0.29, 0.717) is 43.0 Å². The summed E-state index contributed by atoms with van der Waals surface area (Å²) in [6.07, 6.45) is 0. The lowest BCUT2D eigenvalue weighted by Crippen LogP contribution is -2.59. The number of anilines is 2. The molecule has 16 nitrogen and oxygen atoms in total. The summed E-state index contributed by atoms with van der Waals surface area (Å²) in [7, 11) is -9.48. The SMILES string of the molecule is CC(C)N(C[C@H]1CN(S(=O)(=O)c2cccs2)CCN1c1ccc(C(C)(C)O)cc1)S(=O)(=O)c1ccccc1.CC(C)NC[C@H]1CN(S(=O)(=O)c2cccs2)CCN1c1ccc(C(C)(C)O)cc1.O=S(=O)(Cl)c1ccccc1. The van der Waals surface area contributed by atoms with Crippen molar-refractivity contribution in [1.29, 1.82) is 0 Å². The van der Waals surface area contributed by atoms with Gasteiger partial charge in [0.1, 0.15) is 8.42 Å². The van der Waals surface area contributed by atoms with Gasteiger partial charge in [0, 0.05) is 86.5 Å². The molecule has 4 heterocycles. The Balaban J connectivity index is 0.000000216. The summed E-state index contributed by atoms with van der Waals surface area (Å²) >= 11 is 2.43. The number of benzene rings is 4. The Hall–Kier alpha value is -4.27. The molecule has 0 aliphatic carbocycles. The first-order chi connectivity index (χ1) is 36.0. The Morgan fingerprint density at radius 2 is 0.974 bits per heavy atom. The predicted molar refractivity (Wildman–Crippen MR) is 310 cm³/mol. The molecule has 77 heavy (non-hydrogen) atoms. The lowest BCUT2D eigenvalue weighted by molar-refractivity contribution is 0.0780. The van der Waals surface area contributed by atoms with Gasteiger partial charge in [-0.25, -0.2) is 33.7 Å². The summed E-state index contributed by atoms with van der Waals surface area (Å²) in [6.45, 7) is 17.9. The first kappa shape index (κ1) is 61.9. The van der Waals surface area contributed by atoms with Crippen LogP contribution in [-0.4, -0.2) is 133 Å². The van der Waals surface area contributed by atoms with Crippen molar-refractivity contribution < 1.29 is 43.9 Å². The number of hydrogen-bond acceptors (Lipinski definition) is 15. The zero-order chi connectivity index (χ0) is 56.6. The zero-order valence-corrected chi connectivity index (χ0v) is 50.2. The lowest BCUT2D eigenvalue weighted by atomic mass is 9.98. The van der Waals surface area contributed by atoms with Gasteiger partial charge in [0.25, 0.3) is 29.1 Å². The van der Waals surface area contributed by atoms with Crippen molar-refractivity contribution >= 4 is 83.9 Å². The molecule has 6 aromatic rings. The molecule has 2 atom stereocenters. The standard InChI is InChI=1S/C27H35N3O5S3.C21H31N3O3S2.C6H5ClO2S/c1-21(2)30(37(32,33)25-9-6-5-7-10-25)20-24-19-28(38(34,35)26-11-8-18-36-26)16-17-29(24)23-14-12-22(13-15-23)27(3,4)31;1-16(2)22-14-19-15-23(29(26,27)20-6-5-13-28-20)11-12-24(19)18-9-7-17(8-10-18)21(3,4)25;7-10(8,9)6-4-2-1-3-5-6/h5-15,18,21,24,31H,16-17,19-20H2,1-4H3;5-10,13,16,19,22,25H,11-12,14-15H2,1-4H3;1-5H/t24-;19-;/m10./s1. The zero-order valence-electron chi connectivity index (χ0n) is 44.5. The van der Waals surface area contributed by atoms with Crippen LogP contribution in [0.4, 0.5) is 11.4 Å². The number of aliphatic hydroxyl groups is 2. The number of halogens is 1. The van der Waals surface area contributed by atoms with Crippen LogP contribution < -0.4 is 15.1 Å². The van der Waals surface area contributed by atoms with Crippen LogP contribution in [0, 0.1) is 0 Å². The van der Waals surface area contributed by atoms with Gasteiger partial charge in [-0.05, 0) is 124 Å². The molecule has 0 amide bonds. The second-order valence-corrected chi connectivity index (χ2v) is 31.0. The number of nitrogens with zero attached hydrogens (tertiary/aromatic N) is 5. The Kier molecular flexibility index (Phi) is 20.8. The van der Waals surface area contributed by atoms with Gasteiger partial charge < -0.3 is 25.3 Å². The summed E-state index contributed by atoms with van der Waals surface area (Å²) in [5, 5.41) is 27.6. The summed E-state index contributed by atoms with van der Waals surface area (Å²) in [4.78, 5) is 4.68. The monoisotopic (exact) mass is 1190 g/mol. The summed E-state index contributed by atoms with van der Waals surface area (Å²) < 4.78 is 106. The van der Waals surface area contributed by atoms with E-state index in [4.69, 9.17) is 10.7 Å². The van der Waals surface area contributed by atoms with Crippen LogP contribution >= 0.6 is 33.4 Å². The predicted octanol–water partition coefficient (Wildman–Crippen LogP) is 8.42. The summed E-state index contributed by atoms with van der Waals surface area (Å²) in [5.41, 5.74) is 1.62. The van der Waals surface area contributed by atoms with E-state index in [-0.39, 0.29) is 45.7 Å². The molecule has 2 aliphatic rings. The minimum Gasteiger partial charge on any atom is -0.386 e. The van der Waals surface area contributed by atoms with Crippen molar-refractivity contribution in [3.05, 3.63) is 155 Å². The van der Waals surface area contributed by atoms with Gasteiger partial charge >= 0.3 is 0 Å². The van der Waals surface area contributed by atoms with Crippen LogP contribution in [0.5, 0.6) is 0 Å². The van der Waals surface area contributed by atoms with Crippen LogP contribution in [0.2, 0.25) is 0 Å². The smallest absolute Gasteiger partial charge is 0.261 e. The van der Waals surface area contributed by atoms with Gasteiger partial charge in [0.2, 0.25) is 10.0 Å². The normalized spacial score (nSPS) is 17.5. The first-order valence-electron chi connectivity index (χ1n) is 25.1. The highest BCUT2D eigenvalue weighted by Gasteiger charge is 2.39. The summed E-state index contributed by atoms with van der Waals surface area (Å²) in [5.74, 6) is 0. The highest BCUT2D eigenvalue weighted by Crippen LogP contribution is 2.32. The first-order valence-corrected chi connectivity index (χ1v) is 33.5. The number of rotatable bonds is 17. The second kappa shape index (κ2) is 25.9. The Morgan fingerprint density at radius 1 is 0.571 bits per heavy atom. The van der Waals surface area contributed by atoms with Gasteiger partial charge in [-0.3, -0.25) is 0 Å². The molecule has 4 aromatic carbocycles. The largest absolute Gasteiger partial charge is 0.386 e. The Morgan fingerprint density at radius 3 is 1.32 bits per heavy atom. The fraction of sp³-hybridized carbons (Fsp3) is 0.407. The quantitative estimate of drug-likeness (QED) is 0.0735. The van der Waals surface area contributed by atoms with E-state index in [1.165, 1.54) is 43.4 Å². The van der Waals surface area contributed by atoms with Crippen LogP contribution in [0.25, 0.3) is 0 Å². The summed E-state index contributed by atoms with van der Waals surface area (Å²) in [6, 6.07) is 37.9. The number of sulfonamides is 3. The van der Waals surface area contributed by atoms with Crippen molar-refractivity contribution in [2.45, 2.75) is 109 Å². The highest BCUT2D eigenvalue weighted by atomic mass is 35.7. The van der Waals surface area contributed by atoms with E-state index >= 15 is 0 Å². The molecule has 420 valence electrons.